The van der Waals surface area contributed by atoms with Crippen molar-refractivity contribution in [1.82, 2.24) is 35.6 Å². The van der Waals surface area contributed by atoms with E-state index in [4.69, 9.17) is 23.6 Å². The molecule has 0 aromatic carbocycles. The van der Waals surface area contributed by atoms with Gasteiger partial charge in [0.2, 0.25) is 11.8 Å². The molecule has 0 radical (unpaired) electrons. The molecule has 6 aromatic rings. The molecule has 280 valence electrons. The number of hydrogen-bond acceptors (Lipinski definition) is 12. The summed E-state index contributed by atoms with van der Waals surface area (Å²) in [6.45, 7) is 4.33. The molecule has 6 heterocycles. The van der Waals surface area contributed by atoms with E-state index in [2.05, 4.69) is 30.2 Å². The highest BCUT2D eigenvalue weighted by Crippen LogP contribution is 2.27. The van der Waals surface area contributed by atoms with Crippen LogP contribution in [0.2, 0.25) is 0 Å². The van der Waals surface area contributed by atoms with Crippen LogP contribution in [0.1, 0.15) is 50.3 Å². The van der Waals surface area contributed by atoms with E-state index in [9.17, 15) is 31.5 Å². The summed E-state index contributed by atoms with van der Waals surface area (Å²) in [5.41, 5.74) is 2.93. The van der Waals surface area contributed by atoms with Crippen LogP contribution in [0.15, 0.2) is 82.4 Å². The second kappa shape index (κ2) is 16.7. The Bertz CT molecular complexity index is 2190. The van der Waals surface area contributed by atoms with Crippen molar-refractivity contribution in [2.75, 3.05) is 0 Å². The van der Waals surface area contributed by atoms with Crippen LogP contribution >= 0.6 is 0 Å². The molecule has 0 saturated carbocycles. The number of nitrogens with one attached hydrogen (secondary N) is 1. The summed E-state index contributed by atoms with van der Waals surface area (Å²) in [7, 11) is 0. The number of carboxylic acids is 1. The van der Waals surface area contributed by atoms with Crippen molar-refractivity contribution >= 4 is 11.9 Å². The molecule has 0 aliphatic rings. The molecule has 0 aliphatic heterocycles. The van der Waals surface area contributed by atoms with Crippen LogP contribution in [0.3, 0.4) is 0 Å². The zero-order chi connectivity index (χ0) is 39.0. The number of nitrogens with zero attached hydrogens (tertiary/aromatic N) is 6. The molecule has 0 saturated heterocycles. The number of aryl methyl sites for hydroxylation is 2. The molecule has 6 rings (SSSR count). The van der Waals surface area contributed by atoms with E-state index in [-0.39, 0.29) is 36.1 Å². The monoisotopic (exact) mass is 753 g/mol. The summed E-state index contributed by atoms with van der Waals surface area (Å²) < 4.78 is 85.1. The van der Waals surface area contributed by atoms with Crippen LogP contribution in [-0.2, 0) is 13.2 Å². The minimum atomic E-state index is -4.54. The van der Waals surface area contributed by atoms with Crippen molar-refractivity contribution in [3.05, 3.63) is 119 Å². The number of halogens is 5. The van der Waals surface area contributed by atoms with Gasteiger partial charge in [0.25, 0.3) is 5.91 Å². The van der Waals surface area contributed by atoms with Crippen molar-refractivity contribution in [2.24, 2.45) is 0 Å². The maximum atomic E-state index is 13.1. The first kappa shape index (κ1) is 38.4. The van der Waals surface area contributed by atoms with E-state index in [1.807, 2.05) is 5.32 Å². The summed E-state index contributed by atoms with van der Waals surface area (Å²) in [6, 6.07) is 8.98. The molecule has 0 fully saturated rings. The molecule has 2 N–H and O–H groups in total. The van der Waals surface area contributed by atoms with E-state index < -0.39 is 35.7 Å². The van der Waals surface area contributed by atoms with Gasteiger partial charge in [0, 0.05) is 24.5 Å². The first-order chi connectivity index (χ1) is 25.7. The topological polar surface area (TPSA) is 188 Å². The van der Waals surface area contributed by atoms with Crippen molar-refractivity contribution in [3.8, 4) is 34.5 Å². The molecule has 19 heteroatoms. The highest BCUT2D eigenvalue weighted by molar-refractivity contribution is 5.94. The zero-order valence-electron chi connectivity index (χ0n) is 28.4. The van der Waals surface area contributed by atoms with Gasteiger partial charge >= 0.3 is 12.1 Å². The summed E-state index contributed by atoms with van der Waals surface area (Å²) in [6.07, 6.45) is -0.0813. The highest BCUT2D eigenvalue weighted by atomic mass is 19.4. The average Bonchev–Trinajstić information content (AvgIpc) is 3.71. The molecular formula is C35H28F5N7O7. The minimum Gasteiger partial charge on any atom is -0.478 e. The minimum absolute atomic E-state index is 0.00657. The summed E-state index contributed by atoms with van der Waals surface area (Å²) >= 11 is 0. The number of carbonyl (C=O) groups excluding carboxylic acids is 1. The standard InChI is InChI=1S/C19H16F4N4O3.C16H12FN3O4/c1-10-14(17(27-30-10)15-5-4-13(20)8-24-15)9-29-16-6-3-12(7-25-16)18(28)26-11(2)19(21,22)23;1-9-12(8-23-14-5-2-10(6-19-14)16(21)22)15(20-24-9)13-4-3-11(17)7-18-13/h3-8,11H,9H2,1-2H3,(H,26,28);2-7H,8H2,1H3,(H,21,22)/t11-;/m0./s1. The number of ether oxygens (including phenoxy) is 2. The van der Waals surface area contributed by atoms with Crippen LogP contribution in [-0.4, -0.2) is 59.5 Å². The van der Waals surface area contributed by atoms with Crippen molar-refractivity contribution in [1.29, 1.82) is 0 Å². The van der Waals surface area contributed by atoms with Gasteiger partial charge in [0.15, 0.2) is 0 Å². The summed E-state index contributed by atoms with van der Waals surface area (Å²) in [5, 5.41) is 18.5. The number of rotatable bonds is 11. The average molecular weight is 754 g/mol. The Balaban J connectivity index is 0.000000213. The molecule has 0 unspecified atom stereocenters. The van der Waals surface area contributed by atoms with Crippen LogP contribution < -0.4 is 14.8 Å². The Morgan fingerprint density at radius 2 is 1.19 bits per heavy atom. The molecule has 6 aromatic heterocycles. The number of amides is 1. The lowest BCUT2D eigenvalue weighted by Crippen LogP contribution is -2.43. The van der Waals surface area contributed by atoms with Gasteiger partial charge in [-0.3, -0.25) is 14.8 Å². The van der Waals surface area contributed by atoms with Crippen molar-refractivity contribution in [3.63, 3.8) is 0 Å². The zero-order valence-corrected chi connectivity index (χ0v) is 28.4. The summed E-state index contributed by atoms with van der Waals surface area (Å²) in [4.78, 5) is 38.5. The van der Waals surface area contributed by atoms with Crippen molar-refractivity contribution in [2.45, 2.75) is 46.2 Å². The molecule has 0 bridgehead atoms. The van der Waals surface area contributed by atoms with Crippen molar-refractivity contribution < 1.29 is 55.2 Å². The molecule has 1 atom stereocenters. The predicted octanol–water partition coefficient (Wildman–Crippen LogP) is 6.70. The Morgan fingerprint density at radius 1 is 0.722 bits per heavy atom. The van der Waals surface area contributed by atoms with Crippen LogP contribution in [0.5, 0.6) is 11.8 Å². The quantitative estimate of drug-likeness (QED) is 0.133. The first-order valence-corrected chi connectivity index (χ1v) is 15.6. The number of hydrogen-bond donors (Lipinski definition) is 2. The molecule has 0 aliphatic carbocycles. The Kier molecular flexibility index (Phi) is 11.9. The van der Waals surface area contributed by atoms with Crippen LogP contribution in [0.4, 0.5) is 22.0 Å². The van der Waals surface area contributed by atoms with E-state index >= 15 is 0 Å². The van der Waals surface area contributed by atoms with Crippen LogP contribution in [0, 0.1) is 25.5 Å². The lowest BCUT2D eigenvalue weighted by molar-refractivity contribution is -0.149. The fourth-order valence-corrected chi connectivity index (χ4v) is 4.40. The second-order valence-electron chi connectivity index (χ2n) is 11.2. The van der Waals surface area contributed by atoms with Gasteiger partial charge in [-0.25, -0.2) is 23.5 Å². The SMILES string of the molecule is Cc1onc(-c2ccc(F)cn2)c1COc1ccc(C(=O)N[C@@H](C)C(F)(F)F)cn1.Cc1onc(-c2ccc(F)cn2)c1COc1ccc(C(=O)O)cn1. The number of pyridine rings is 4. The maximum absolute atomic E-state index is 13.1. The fraction of sp³-hybridized carbons (Fsp3) is 0.200. The van der Waals surface area contributed by atoms with Gasteiger partial charge in [0.05, 0.1) is 46.0 Å². The van der Waals surface area contributed by atoms with E-state index in [1.165, 1.54) is 54.7 Å². The second-order valence-corrected chi connectivity index (χ2v) is 11.2. The maximum Gasteiger partial charge on any atom is 0.408 e. The van der Waals surface area contributed by atoms with Gasteiger partial charge in [-0.05, 0) is 57.2 Å². The number of alkyl halides is 3. The van der Waals surface area contributed by atoms with E-state index in [0.29, 0.717) is 45.4 Å². The number of aromatic carboxylic acids is 1. The van der Waals surface area contributed by atoms with E-state index in [1.54, 1.807) is 13.8 Å². The molecule has 0 spiro atoms. The fourth-order valence-electron chi connectivity index (χ4n) is 4.40. The van der Waals surface area contributed by atoms with Gasteiger partial charge in [-0.1, -0.05) is 10.3 Å². The third-order valence-corrected chi connectivity index (χ3v) is 7.46. The van der Waals surface area contributed by atoms with Gasteiger partial charge in [-0.15, -0.1) is 0 Å². The van der Waals surface area contributed by atoms with Gasteiger partial charge in [-0.2, -0.15) is 13.2 Å². The number of carboxylic acid groups (broad SMARTS) is 1. The highest BCUT2D eigenvalue weighted by Gasteiger charge is 2.37. The van der Waals surface area contributed by atoms with Crippen LogP contribution in [0.25, 0.3) is 22.8 Å². The largest absolute Gasteiger partial charge is 0.478 e. The van der Waals surface area contributed by atoms with Gasteiger partial charge < -0.3 is 28.9 Å². The molecule has 14 nitrogen and oxygen atoms in total. The Morgan fingerprint density at radius 3 is 1.56 bits per heavy atom. The molecule has 1 amide bonds. The smallest absolute Gasteiger partial charge is 0.408 e. The normalized spacial score (nSPS) is 11.6. The number of aromatic nitrogens is 6. The lowest BCUT2D eigenvalue weighted by atomic mass is 10.1. The predicted molar refractivity (Wildman–Crippen MR) is 176 cm³/mol. The summed E-state index contributed by atoms with van der Waals surface area (Å²) in [5.74, 6) is -1.50. The van der Waals surface area contributed by atoms with Gasteiger partial charge in [0.1, 0.15) is 53.8 Å². The molecular weight excluding hydrogens is 725 g/mol. The third-order valence-electron chi connectivity index (χ3n) is 7.46. The first-order valence-electron chi connectivity index (χ1n) is 15.6. The third kappa shape index (κ3) is 9.75. The number of carbonyl (C=O) groups is 2. The van der Waals surface area contributed by atoms with E-state index in [0.717, 1.165) is 25.5 Å². The molecule has 54 heavy (non-hydrogen) atoms. The Hall–Kier alpha value is -6.79. The lowest BCUT2D eigenvalue weighted by Gasteiger charge is -2.17. The Labute approximate surface area is 302 Å².